The van der Waals surface area contributed by atoms with Crippen LogP contribution >= 0.6 is 0 Å². The van der Waals surface area contributed by atoms with E-state index in [0.29, 0.717) is 42.6 Å². The number of benzene rings is 2. The van der Waals surface area contributed by atoms with Gasteiger partial charge in [0.05, 0.1) is 19.8 Å². The van der Waals surface area contributed by atoms with Gasteiger partial charge >= 0.3 is 0 Å². The first-order valence-corrected chi connectivity index (χ1v) is 12.1. The summed E-state index contributed by atoms with van der Waals surface area (Å²) in [6, 6.07) is 10.2. The molecule has 0 unspecified atom stereocenters. The average molecular weight is 532 g/mol. The molecule has 1 atom stereocenters. The molecule has 6 nitrogen and oxygen atoms in total. The van der Waals surface area contributed by atoms with E-state index in [1.54, 1.807) is 36.1 Å². The summed E-state index contributed by atoms with van der Waals surface area (Å²) in [5.41, 5.74) is 0.488. The number of carbonyl (C=O) groups is 1. The summed E-state index contributed by atoms with van der Waals surface area (Å²) in [7, 11) is 1.53. The molecular weight excluding hydrogens is 502 g/mol. The molecule has 0 radical (unpaired) electrons. The number of nitrogens with zero attached hydrogens (tertiary/aromatic N) is 2. The van der Waals surface area contributed by atoms with Crippen LogP contribution in [0.5, 0.6) is 0 Å². The number of pyridine rings is 1. The molecule has 38 heavy (non-hydrogen) atoms. The molecule has 0 saturated heterocycles. The maximum Gasteiger partial charge on any atom is 0.286 e. The lowest BCUT2D eigenvalue weighted by Gasteiger charge is -2.39. The second-order valence-corrected chi connectivity index (χ2v) is 9.66. The van der Waals surface area contributed by atoms with Crippen molar-refractivity contribution in [1.82, 2.24) is 4.98 Å². The summed E-state index contributed by atoms with van der Waals surface area (Å²) in [6.45, 7) is 2.40. The van der Waals surface area contributed by atoms with Gasteiger partial charge in [0, 0.05) is 55.7 Å². The third-order valence-electron chi connectivity index (χ3n) is 6.60. The SMILES string of the molecule is COCCN1C[C@](F)(CO)Cc2cc(F)c(-c3cc(NC(=O)c4ccnc(C(C)(F)F)c4)ccc3C)cc21. The van der Waals surface area contributed by atoms with Crippen molar-refractivity contribution in [3.63, 3.8) is 0 Å². The molecule has 2 N–H and O–H groups in total. The fraction of sp³-hybridized carbons (Fsp3) is 0.357. The minimum atomic E-state index is -3.20. The highest BCUT2D eigenvalue weighted by Crippen LogP contribution is 2.39. The fourth-order valence-corrected chi connectivity index (χ4v) is 4.58. The highest BCUT2D eigenvalue weighted by Gasteiger charge is 2.38. The number of aliphatic hydroxyl groups is 1. The van der Waals surface area contributed by atoms with Crippen molar-refractivity contribution in [3.05, 3.63) is 76.9 Å². The zero-order chi connectivity index (χ0) is 27.7. The van der Waals surface area contributed by atoms with Crippen LogP contribution in [0.15, 0.2) is 48.7 Å². The number of methoxy groups -OCH3 is 1. The van der Waals surface area contributed by atoms with Gasteiger partial charge in [0.1, 0.15) is 11.5 Å². The van der Waals surface area contributed by atoms with E-state index in [-0.39, 0.29) is 24.1 Å². The zero-order valence-corrected chi connectivity index (χ0v) is 21.3. The lowest BCUT2D eigenvalue weighted by atomic mass is 9.88. The molecule has 1 aliphatic heterocycles. The monoisotopic (exact) mass is 531 g/mol. The molecule has 1 amide bonds. The summed E-state index contributed by atoms with van der Waals surface area (Å²) >= 11 is 0. The number of nitrogens with one attached hydrogen (secondary N) is 1. The van der Waals surface area contributed by atoms with Crippen LogP contribution < -0.4 is 10.2 Å². The van der Waals surface area contributed by atoms with Gasteiger partial charge in [-0.1, -0.05) is 6.07 Å². The van der Waals surface area contributed by atoms with E-state index < -0.39 is 35.6 Å². The van der Waals surface area contributed by atoms with E-state index in [9.17, 15) is 18.7 Å². The number of amides is 1. The van der Waals surface area contributed by atoms with Crippen molar-refractivity contribution < 1.29 is 32.2 Å². The number of aliphatic hydroxyl groups excluding tert-OH is 1. The second-order valence-electron chi connectivity index (χ2n) is 9.66. The van der Waals surface area contributed by atoms with Crippen molar-refractivity contribution >= 4 is 17.3 Å². The highest BCUT2D eigenvalue weighted by molar-refractivity contribution is 6.04. The van der Waals surface area contributed by atoms with E-state index in [1.165, 1.54) is 19.2 Å². The molecule has 0 fully saturated rings. The van der Waals surface area contributed by atoms with E-state index in [2.05, 4.69) is 10.3 Å². The number of hydrogen-bond donors (Lipinski definition) is 2. The van der Waals surface area contributed by atoms with Crippen LogP contribution in [0.2, 0.25) is 0 Å². The predicted octanol–water partition coefficient (Wildman–Crippen LogP) is 5.27. The van der Waals surface area contributed by atoms with Crippen LogP contribution in [0.25, 0.3) is 11.1 Å². The van der Waals surface area contributed by atoms with E-state index in [4.69, 9.17) is 4.74 Å². The minimum Gasteiger partial charge on any atom is -0.393 e. The molecule has 1 aliphatic rings. The number of alkyl halides is 3. The van der Waals surface area contributed by atoms with Crippen molar-refractivity contribution in [2.24, 2.45) is 0 Å². The predicted molar refractivity (Wildman–Crippen MR) is 137 cm³/mol. The first-order chi connectivity index (χ1) is 17.9. The first kappa shape index (κ1) is 27.5. The topological polar surface area (TPSA) is 74.7 Å². The molecular formula is C28H29F4N3O3. The van der Waals surface area contributed by atoms with Crippen LogP contribution in [-0.4, -0.2) is 55.1 Å². The van der Waals surface area contributed by atoms with Crippen LogP contribution in [0, 0.1) is 12.7 Å². The minimum absolute atomic E-state index is 0.00554. The van der Waals surface area contributed by atoms with Crippen LogP contribution in [-0.2, 0) is 17.1 Å². The van der Waals surface area contributed by atoms with Gasteiger partial charge in [0.15, 0.2) is 5.67 Å². The Bertz CT molecular complexity index is 1350. The van der Waals surface area contributed by atoms with Gasteiger partial charge in [-0.15, -0.1) is 0 Å². The lowest BCUT2D eigenvalue weighted by Crippen LogP contribution is -2.49. The standard InChI is InChI=1S/C28H29F4N3O3/c1-17-4-5-20(34-26(37)18-6-7-33-25(11-18)27(2,30)31)12-21(17)22-13-24-19(10-23(22)29)14-28(32,16-36)15-35(24)8-9-38-3/h4-7,10-13,36H,8-9,14-16H2,1-3H3,(H,34,37)/t28-/m0/s1. The number of rotatable bonds is 8. The smallest absolute Gasteiger partial charge is 0.286 e. The Morgan fingerprint density at radius 3 is 2.66 bits per heavy atom. The van der Waals surface area contributed by atoms with Crippen LogP contribution in [0.4, 0.5) is 28.9 Å². The number of ether oxygens (including phenoxy) is 1. The Morgan fingerprint density at radius 2 is 1.97 bits per heavy atom. The van der Waals surface area contributed by atoms with E-state index >= 15 is 8.78 Å². The lowest BCUT2D eigenvalue weighted by molar-refractivity contribution is 0.0127. The average Bonchev–Trinajstić information content (AvgIpc) is 2.87. The number of hydrogen-bond acceptors (Lipinski definition) is 5. The number of fused-ring (bicyclic) bond motifs is 1. The number of carbonyl (C=O) groups excluding carboxylic acids is 1. The number of aryl methyl sites for hydroxylation is 1. The van der Waals surface area contributed by atoms with Gasteiger partial charge in [-0.05, 0) is 60.0 Å². The molecule has 202 valence electrons. The van der Waals surface area contributed by atoms with Gasteiger partial charge in [0.2, 0.25) is 0 Å². The van der Waals surface area contributed by atoms with E-state index in [0.717, 1.165) is 17.8 Å². The summed E-state index contributed by atoms with van der Waals surface area (Å²) < 4.78 is 63.0. The fourth-order valence-electron chi connectivity index (χ4n) is 4.58. The highest BCUT2D eigenvalue weighted by atomic mass is 19.3. The maximum atomic E-state index is 15.4. The molecule has 0 spiro atoms. The zero-order valence-electron chi connectivity index (χ0n) is 21.3. The van der Waals surface area contributed by atoms with Crippen LogP contribution in [0.3, 0.4) is 0 Å². The van der Waals surface area contributed by atoms with Crippen LogP contribution in [0.1, 0.15) is 34.1 Å². The summed E-state index contributed by atoms with van der Waals surface area (Å²) in [6.07, 6.45) is 1.02. The largest absolute Gasteiger partial charge is 0.393 e. The molecule has 0 bridgehead atoms. The van der Waals surface area contributed by atoms with Crippen molar-refractivity contribution in [2.75, 3.05) is 43.6 Å². The Hall–Kier alpha value is -3.50. The third kappa shape index (κ3) is 5.81. The Labute approximate surface area is 218 Å². The van der Waals surface area contributed by atoms with Gasteiger partial charge in [-0.3, -0.25) is 9.78 Å². The summed E-state index contributed by atoms with van der Waals surface area (Å²) in [5.74, 6) is -4.39. The molecule has 4 rings (SSSR count). The number of halogens is 4. The van der Waals surface area contributed by atoms with Crippen molar-refractivity contribution in [3.8, 4) is 11.1 Å². The molecule has 3 aromatic rings. The molecule has 2 heterocycles. The maximum absolute atomic E-state index is 15.4. The Balaban J connectivity index is 1.68. The van der Waals surface area contributed by atoms with Gasteiger partial charge in [-0.25, -0.2) is 8.78 Å². The first-order valence-electron chi connectivity index (χ1n) is 12.1. The number of aromatic nitrogens is 1. The van der Waals surface area contributed by atoms with E-state index in [1.807, 2.05) is 0 Å². The summed E-state index contributed by atoms with van der Waals surface area (Å²) in [5, 5.41) is 12.3. The molecule has 0 aliphatic carbocycles. The molecule has 1 aromatic heterocycles. The van der Waals surface area contributed by atoms with Gasteiger partial charge in [0.25, 0.3) is 11.8 Å². The summed E-state index contributed by atoms with van der Waals surface area (Å²) in [4.78, 5) is 18.1. The normalized spacial score (nSPS) is 17.3. The quantitative estimate of drug-likeness (QED) is 0.388. The molecule has 2 aromatic carbocycles. The second kappa shape index (κ2) is 10.7. The Morgan fingerprint density at radius 1 is 1.21 bits per heavy atom. The van der Waals surface area contributed by atoms with Gasteiger partial charge in [-0.2, -0.15) is 8.78 Å². The third-order valence-corrected chi connectivity index (χ3v) is 6.60. The van der Waals surface area contributed by atoms with Gasteiger partial charge < -0.3 is 20.1 Å². The molecule has 10 heteroatoms. The van der Waals surface area contributed by atoms with Crippen molar-refractivity contribution in [2.45, 2.75) is 31.9 Å². The molecule has 0 saturated carbocycles. The number of anilines is 2. The Kier molecular flexibility index (Phi) is 7.75. The van der Waals surface area contributed by atoms with Crippen molar-refractivity contribution in [1.29, 1.82) is 0 Å².